The molecule has 0 spiro atoms. The molecule has 0 bridgehead atoms. The third-order valence-corrected chi connectivity index (χ3v) is 4.66. The summed E-state index contributed by atoms with van der Waals surface area (Å²) < 4.78 is 0. The minimum Gasteiger partial charge on any atom is -0.0651 e. The summed E-state index contributed by atoms with van der Waals surface area (Å²) in [7, 11) is 0. The van der Waals surface area contributed by atoms with Gasteiger partial charge >= 0.3 is 0 Å². The standard InChI is InChI=1S/C18H38/c1-7-16(3)14-12-10-9-11-13-15-17(8-2)18(4,5)6/h16-17H,7-15H2,1-6H3. The van der Waals surface area contributed by atoms with Crippen LogP contribution in [0.3, 0.4) is 0 Å². The van der Waals surface area contributed by atoms with Gasteiger partial charge < -0.3 is 0 Å². The van der Waals surface area contributed by atoms with Crippen molar-refractivity contribution in [1.82, 2.24) is 0 Å². The summed E-state index contributed by atoms with van der Waals surface area (Å²) in [5, 5.41) is 0. The summed E-state index contributed by atoms with van der Waals surface area (Å²) in [5.74, 6) is 1.85. The maximum absolute atomic E-state index is 2.40. The Labute approximate surface area is 117 Å². The van der Waals surface area contributed by atoms with Crippen LogP contribution in [-0.2, 0) is 0 Å². The van der Waals surface area contributed by atoms with Crippen molar-refractivity contribution < 1.29 is 0 Å². The van der Waals surface area contributed by atoms with Crippen LogP contribution < -0.4 is 0 Å². The second-order valence-electron chi connectivity index (χ2n) is 7.33. The van der Waals surface area contributed by atoms with Crippen LogP contribution in [0.5, 0.6) is 0 Å². The summed E-state index contributed by atoms with van der Waals surface area (Å²) in [6.07, 6.45) is 12.8. The molecule has 0 aliphatic rings. The van der Waals surface area contributed by atoms with E-state index in [0.29, 0.717) is 5.41 Å². The third kappa shape index (κ3) is 9.00. The van der Waals surface area contributed by atoms with Gasteiger partial charge in [-0.15, -0.1) is 0 Å². The maximum Gasteiger partial charge on any atom is -0.0354 e. The van der Waals surface area contributed by atoms with Crippen molar-refractivity contribution in [2.75, 3.05) is 0 Å². The van der Waals surface area contributed by atoms with Gasteiger partial charge in [-0.05, 0) is 23.7 Å². The number of hydrogen-bond acceptors (Lipinski definition) is 0. The first-order valence-electron chi connectivity index (χ1n) is 8.41. The van der Waals surface area contributed by atoms with E-state index in [1.165, 1.54) is 57.8 Å². The van der Waals surface area contributed by atoms with Crippen molar-refractivity contribution in [3.63, 3.8) is 0 Å². The molecular weight excluding hydrogens is 216 g/mol. The van der Waals surface area contributed by atoms with Crippen LogP contribution in [0, 0.1) is 17.3 Å². The minimum atomic E-state index is 0.505. The van der Waals surface area contributed by atoms with Crippen LogP contribution in [0.4, 0.5) is 0 Å². The second-order valence-corrected chi connectivity index (χ2v) is 7.33. The molecule has 0 saturated carbocycles. The topological polar surface area (TPSA) is 0 Å². The molecule has 0 radical (unpaired) electrons. The fourth-order valence-corrected chi connectivity index (χ4v) is 2.87. The highest BCUT2D eigenvalue weighted by Crippen LogP contribution is 2.32. The van der Waals surface area contributed by atoms with E-state index >= 15 is 0 Å². The molecule has 2 unspecified atom stereocenters. The highest BCUT2D eigenvalue weighted by Gasteiger charge is 2.21. The van der Waals surface area contributed by atoms with E-state index in [2.05, 4.69) is 41.5 Å². The van der Waals surface area contributed by atoms with E-state index in [4.69, 9.17) is 0 Å². The summed E-state index contributed by atoms with van der Waals surface area (Å²) in [6, 6.07) is 0. The lowest BCUT2D eigenvalue weighted by atomic mass is 9.76. The molecule has 0 aromatic rings. The van der Waals surface area contributed by atoms with Gasteiger partial charge in [0, 0.05) is 0 Å². The van der Waals surface area contributed by atoms with Crippen molar-refractivity contribution in [1.29, 1.82) is 0 Å². The lowest BCUT2D eigenvalue weighted by Crippen LogP contribution is -2.19. The summed E-state index contributed by atoms with van der Waals surface area (Å²) in [4.78, 5) is 0. The smallest absolute Gasteiger partial charge is 0.0354 e. The molecule has 0 aliphatic heterocycles. The molecule has 0 nitrogen and oxygen atoms in total. The van der Waals surface area contributed by atoms with Gasteiger partial charge in [-0.1, -0.05) is 92.9 Å². The highest BCUT2D eigenvalue weighted by atomic mass is 14.3. The van der Waals surface area contributed by atoms with Crippen LogP contribution in [0.2, 0.25) is 0 Å². The number of hydrogen-bond donors (Lipinski definition) is 0. The van der Waals surface area contributed by atoms with Gasteiger partial charge in [0.25, 0.3) is 0 Å². The van der Waals surface area contributed by atoms with Gasteiger partial charge in [0.05, 0.1) is 0 Å². The van der Waals surface area contributed by atoms with Crippen LogP contribution in [0.25, 0.3) is 0 Å². The molecule has 0 aromatic carbocycles. The Morgan fingerprint density at radius 1 is 0.722 bits per heavy atom. The summed E-state index contributed by atoms with van der Waals surface area (Å²) >= 11 is 0. The molecule has 0 aromatic heterocycles. The maximum atomic E-state index is 2.40. The molecular formula is C18H38. The SMILES string of the molecule is CCC(C)CCCCCCCC(CC)C(C)(C)C. The number of rotatable bonds is 10. The molecule has 0 heterocycles. The Bertz CT molecular complexity index is 175. The van der Waals surface area contributed by atoms with Crippen LogP contribution in [0.15, 0.2) is 0 Å². The lowest BCUT2D eigenvalue weighted by molar-refractivity contribution is 0.213. The average Bonchev–Trinajstić information content (AvgIpc) is 2.30. The summed E-state index contributed by atoms with van der Waals surface area (Å²) in [5.41, 5.74) is 0.505. The molecule has 0 saturated heterocycles. The first-order valence-corrected chi connectivity index (χ1v) is 8.41. The molecule has 0 aliphatic carbocycles. The Morgan fingerprint density at radius 3 is 1.67 bits per heavy atom. The summed E-state index contributed by atoms with van der Waals surface area (Å²) in [6.45, 7) is 14.2. The predicted octanol–water partition coefficient (Wildman–Crippen LogP) is 6.84. The van der Waals surface area contributed by atoms with E-state index in [1.807, 2.05) is 0 Å². The largest absolute Gasteiger partial charge is 0.0651 e. The zero-order chi connectivity index (χ0) is 14.0. The first-order chi connectivity index (χ1) is 8.41. The van der Waals surface area contributed by atoms with E-state index in [0.717, 1.165) is 11.8 Å². The van der Waals surface area contributed by atoms with Crippen molar-refractivity contribution in [3.05, 3.63) is 0 Å². The Kier molecular flexibility index (Phi) is 9.87. The van der Waals surface area contributed by atoms with E-state index < -0.39 is 0 Å². The van der Waals surface area contributed by atoms with Crippen LogP contribution in [0.1, 0.15) is 99.3 Å². The fraction of sp³-hybridized carbons (Fsp3) is 1.00. The van der Waals surface area contributed by atoms with Gasteiger partial charge in [0.1, 0.15) is 0 Å². The van der Waals surface area contributed by atoms with Gasteiger partial charge in [-0.25, -0.2) is 0 Å². The molecule has 0 fully saturated rings. The molecule has 0 N–H and O–H groups in total. The quantitative estimate of drug-likeness (QED) is 0.374. The van der Waals surface area contributed by atoms with Gasteiger partial charge in [0.15, 0.2) is 0 Å². The van der Waals surface area contributed by atoms with E-state index in [9.17, 15) is 0 Å². The molecule has 0 amide bonds. The lowest BCUT2D eigenvalue weighted by Gasteiger charge is -2.29. The zero-order valence-corrected chi connectivity index (χ0v) is 14.0. The third-order valence-electron chi connectivity index (χ3n) is 4.66. The second kappa shape index (κ2) is 9.87. The average molecular weight is 255 g/mol. The van der Waals surface area contributed by atoms with Crippen LogP contribution >= 0.6 is 0 Å². The van der Waals surface area contributed by atoms with Crippen molar-refractivity contribution >= 4 is 0 Å². The van der Waals surface area contributed by atoms with Gasteiger partial charge in [-0.2, -0.15) is 0 Å². The molecule has 2 atom stereocenters. The Morgan fingerprint density at radius 2 is 1.22 bits per heavy atom. The molecule has 0 heteroatoms. The monoisotopic (exact) mass is 254 g/mol. The zero-order valence-electron chi connectivity index (χ0n) is 14.0. The van der Waals surface area contributed by atoms with Crippen molar-refractivity contribution in [2.45, 2.75) is 99.3 Å². The minimum absolute atomic E-state index is 0.505. The normalized spacial score (nSPS) is 15.7. The molecule has 110 valence electrons. The van der Waals surface area contributed by atoms with Crippen molar-refractivity contribution in [3.8, 4) is 0 Å². The molecule has 0 rings (SSSR count). The van der Waals surface area contributed by atoms with Gasteiger partial charge in [0.2, 0.25) is 0 Å². The van der Waals surface area contributed by atoms with Gasteiger partial charge in [-0.3, -0.25) is 0 Å². The Balaban J connectivity index is 3.45. The van der Waals surface area contributed by atoms with E-state index in [1.54, 1.807) is 0 Å². The van der Waals surface area contributed by atoms with E-state index in [-0.39, 0.29) is 0 Å². The number of unbranched alkanes of at least 4 members (excludes halogenated alkanes) is 4. The predicted molar refractivity (Wildman–Crippen MR) is 85.0 cm³/mol. The van der Waals surface area contributed by atoms with Crippen molar-refractivity contribution in [2.24, 2.45) is 17.3 Å². The fourth-order valence-electron chi connectivity index (χ4n) is 2.87. The molecule has 18 heavy (non-hydrogen) atoms. The highest BCUT2D eigenvalue weighted by molar-refractivity contribution is 4.72. The van der Waals surface area contributed by atoms with Crippen LogP contribution in [-0.4, -0.2) is 0 Å². The Hall–Kier alpha value is 0. The first kappa shape index (κ1) is 18.0.